The second kappa shape index (κ2) is 7.61. The molecule has 116 valence electrons. The Kier molecular flexibility index (Phi) is 6.14. The van der Waals surface area contributed by atoms with Gasteiger partial charge in [0, 0.05) is 20.1 Å². The molecule has 0 saturated carbocycles. The van der Waals surface area contributed by atoms with E-state index in [1.54, 1.807) is 19.2 Å². The van der Waals surface area contributed by atoms with Crippen molar-refractivity contribution < 1.29 is 19.1 Å². The van der Waals surface area contributed by atoms with Crippen LogP contribution in [-0.2, 0) is 11.3 Å². The van der Waals surface area contributed by atoms with Crippen molar-refractivity contribution in [1.82, 2.24) is 9.80 Å². The zero-order valence-electron chi connectivity index (χ0n) is 12.5. The van der Waals surface area contributed by atoms with Crippen molar-refractivity contribution in [1.29, 1.82) is 0 Å². The molecule has 0 bridgehead atoms. The van der Waals surface area contributed by atoms with Crippen LogP contribution in [0.25, 0.3) is 0 Å². The molecule has 21 heavy (non-hydrogen) atoms. The van der Waals surface area contributed by atoms with E-state index in [2.05, 4.69) is 0 Å². The van der Waals surface area contributed by atoms with Crippen LogP contribution in [-0.4, -0.2) is 47.0 Å². The summed E-state index contributed by atoms with van der Waals surface area (Å²) in [7, 11) is 1.57. The van der Waals surface area contributed by atoms with E-state index in [4.69, 9.17) is 5.11 Å². The van der Waals surface area contributed by atoms with Crippen LogP contribution < -0.4 is 0 Å². The summed E-state index contributed by atoms with van der Waals surface area (Å²) in [5.74, 6) is -1.25. The van der Waals surface area contributed by atoms with E-state index in [1.165, 1.54) is 21.9 Å². The summed E-state index contributed by atoms with van der Waals surface area (Å²) in [5, 5.41) is 8.89. The second-order valence-corrected chi connectivity index (χ2v) is 5.44. The first-order chi connectivity index (χ1) is 9.79. The Morgan fingerprint density at radius 2 is 2.00 bits per heavy atom. The van der Waals surface area contributed by atoms with Gasteiger partial charge in [-0.1, -0.05) is 26.0 Å². The zero-order chi connectivity index (χ0) is 16.0. The zero-order valence-corrected chi connectivity index (χ0v) is 12.5. The number of halogens is 1. The van der Waals surface area contributed by atoms with Gasteiger partial charge in [-0.2, -0.15) is 0 Å². The fourth-order valence-corrected chi connectivity index (χ4v) is 2.03. The highest BCUT2D eigenvalue weighted by Gasteiger charge is 2.21. The van der Waals surface area contributed by atoms with Gasteiger partial charge in [0.05, 0.1) is 0 Å². The van der Waals surface area contributed by atoms with E-state index in [1.807, 2.05) is 13.8 Å². The van der Waals surface area contributed by atoms with Crippen molar-refractivity contribution in [2.45, 2.75) is 20.4 Å². The quantitative estimate of drug-likeness (QED) is 0.877. The molecule has 2 amide bonds. The van der Waals surface area contributed by atoms with Crippen LogP contribution >= 0.6 is 0 Å². The molecule has 6 heteroatoms. The average molecular weight is 296 g/mol. The molecule has 0 fully saturated rings. The molecule has 1 aromatic carbocycles. The standard InChI is InChI=1S/C15H21FN2O3/c1-11(2)8-18(10-14(19)20)15(21)17(3)9-12-5-4-6-13(16)7-12/h4-7,11H,8-10H2,1-3H3,(H,19,20). The number of carbonyl (C=O) groups excluding carboxylic acids is 1. The number of hydrogen-bond donors (Lipinski definition) is 1. The molecule has 0 atom stereocenters. The van der Waals surface area contributed by atoms with E-state index in [9.17, 15) is 14.0 Å². The Bertz CT molecular complexity index is 505. The molecule has 0 aliphatic heterocycles. The van der Waals surface area contributed by atoms with Gasteiger partial charge in [0.2, 0.25) is 0 Å². The van der Waals surface area contributed by atoms with Crippen LogP contribution in [0, 0.1) is 11.7 Å². The molecule has 0 saturated heterocycles. The molecule has 0 radical (unpaired) electrons. The van der Waals surface area contributed by atoms with Crippen LogP contribution in [0.5, 0.6) is 0 Å². The van der Waals surface area contributed by atoms with Gasteiger partial charge in [-0.25, -0.2) is 9.18 Å². The van der Waals surface area contributed by atoms with Gasteiger partial charge in [-0.3, -0.25) is 4.79 Å². The van der Waals surface area contributed by atoms with Crippen molar-refractivity contribution in [3.63, 3.8) is 0 Å². The lowest BCUT2D eigenvalue weighted by molar-refractivity contribution is -0.137. The fourth-order valence-electron chi connectivity index (χ4n) is 2.03. The number of rotatable bonds is 6. The number of nitrogens with zero attached hydrogens (tertiary/aromatic N) is 2. The Morgan fingerprint density at radius 1 is 1.33 bits per heavy atom. The van der Waals surface area contributed by atoms with Gasteiger partial charge in [0.15, 0.2) is 0 Å². The van der Waals surface area contributed by atoms with Crippen molar-refractivity contribution in [2.75, 3.05) is 20.1 Å². The van der Waals surface area contributed by atoms with Gasteiger partial charge >= 0.3 is 12.0 Å². The summed E-state index contributed by atoms with van der Waals surface area (Å²) in [5.41, 5.74) is 0.658. The minimum atomic E-state index is -1.05. The molecule has 0 unspecified atom stereocenters. The smallest absolute Gasteiger partial charge is 0.323 e. The first-order valence-electron chi connectivity index (χ1n) is 6.76. The third-order valence-corrected chi connectivity index (χ3v) is 2.82. The molecular weight excluding hydrogens is 275 g/mol. The van der Waals surface area contributed by atoms with Crippen LogP contribution in [0.1, 0.15) is 19.4 Å². The number of hydrogen-bond acceptors (Lipinski definition) is 2. The molecule has 1 rings (SSSR count). The van der Waals surface area contributed by atoms with Gasteiger partial charge < -0.3 is 14.9 Å². The normalized spacial score (nSPS) is 10.5. The van der Waals surface area contributed by atoms with E-state index in [0.717, 1.165) is 0 Å². The first kappa shape index (κ1) is 16.9. The minimum Gasteiger partial charge on any atom is -0.480 e. The monoisotopic (exact) mass is 296 g/mol. The Labute approximate surface area is 124 Å². The number of benzene rings is 1. The average Bonchev–Trinajstić information content (AvgIpc) is 2.35. The van der Waals surface area contributed by atoms with Crippen molar-refractivity contribution in [3.8, 4) is 0 Å². The predicted octanol–water partition coefficient (Wildman–Crippen LogP) is 2.42. The molecule has 1 aromatic rings. The highest BCUT2D eigenvalue weighted by molar-refractivity contribution is 5.80. The van der Waals surface area contributed by atoms with Crippen molar-refractivity contribution >= 4 is 12.0 Å². The third-order valence-electron chi connectivity index (χ3n) is 2.82. The summed E-state index contributed by atoms with van der Waals surface area (Å²) >= 11 is 0. The topological polar surface area (TPSA) is 60.9 Å². The second-order valence-electron chi connectivity index (χ2n) is 5.44. The van der Waals surface area contributed by atoms with Gasteiger partial charge in [-0.05, 0) is 23.6 Å². The maximum absolute atomic E-state index is 13.1. The van der Waals surface area contributed by atoms with Crippen LogP contribution in [0.15, 0.2) is 24.3 Å². The van der Waals surface area contributed by atoms with E-state index >= 15 is 0 Å². The molecule has 5 nitrogen and oxygen atoms in total. The maximum Gasteiger partial charge on any atom is 0.323 e. The highest BCUT2D eigenvalue weighted by Crippen LogP contribution is 2.09. The number of urea groups is 1. The molecule has 0 aliphatic rings. The van der Waals surface area contributed by atoms with Crippen molar-refractivity contribution in [2.24, 2.45) is 5.92 Å². The molecular formula is C15H21FN2O3. The number of carboxylic acid groups (broad SMARTS) is 1. The number of carboxylic acids is 1. The minimum absolute atomic E-state index is 0.163. The van der Waals surface area contributed by atoms with E-state index in [-0.39, 0.29) is 30.9 Å². The molecule has 0 spiro atoms. The SMILES string of the molecule is CC(C)CN(CC(=O)O)C(=O)N(C)Cc1cccc(F)c1. The lowest BCUT2D eigenvalue weighted by Gasteiger charge is -2.28. The van der Waals surface area contributed by atoms with Crippen LogP contribution in [0.2, 0.25) is 0 Å². The maximum atomic E-state index is 13.1. The van der Waals surface area contributed by atoms with Gasteiger partial charge in [-0.15, -0.1) is 0 Å². The summed E-state index contributed by atoms with van der Waals surface area (Å²) in [6.07, 6.45) is 0. The number of aliphatic carboxylic acids is 1. The van der Waals surface area contributed by atoms with Crippen molar-refractivity contribution in [3.05, 3.63) is 35.6 Å². The first-order valence-corrected chi connectivity index (χ1v) is 6.76. The van der Waals surface area contributed by atoms with Crippen LogP contribution in [0.3, 0.4) is 0 Å². The summed E-state index contributed by atoms with van der Waals surface area (Å²) in [4.78, 5) is 25.8. The predicted molar refractivity (Wildman–Crippen MR) is 77.3 cm³/mol. The van der Waals surface area contributed by atoms with Gasteiger partial charge in [0.25, 0.3) is 0 Å². The molecule has 1 N–H and O–H groups in total. The Hall–Kier alpha value is -2.11. The fraction of sp³-hybridized carbons (Fsp3) is 0.467. The van der Waals surface area contributed by atoms with Crippen LogP contribution in [0.4, 0.5) is 9.18 Å². The Balaban J connectivity index is 2.75. The highest BCUT2D eigenvalue weighted by atomic mass is 19.1. The largest absolute Gasteiger partial charge is 0.480 e. The summed E-state index contributed by atoms with van der Waals surface area (Å²) < 4.78 is 13.1. The third kappa shape index (κ3) is 5.81. The van der Waals surface area contributed by atoms with E-state index in [0.29, 0.717) is 12.1 Å². The van der Waals surface area contributed by atoms with E-state index < -0.39 is 5.97 Å². The summed E-state index contributed by atoms with van der Waals surface area (Å²) in [6.45, 7) is 4.07. The number of carbonyl (C=O) groups is 2. The molecule has 0 aromatic heterocycles. The molecule has 0 aliphatic carbocycles. The molecule has 0 heterocycles. The summed E-state index contributed by atoms with van der Waals surface area (Å²) in [6, 6.07) is 5.60. The Morgan fingerprint density at radius 3 is 2.52 bits per heavy atom. The number of amides is 2. The van der Waals surface area contributed by atoms with Gasteiger partial charge in [0.1, 0.15) is 12.4 Å². The lowest BCUT2D eigenvalue weighted by Crippen LogP contribution is -2.45. The lowest BCUT2D eigenvalue weighted by atomic mass is 10.2.